The number of H-pyrrole nitrogens is 1. The second kappa shape index (κ2) is 10.2. The Labute approximate surface area is 195 Å². The molecule has 4 aromatic rings. The number of aromatic nitrogens is 1. The van der Waals surface area contributed by atoms with Crippen LogP contribution in [0.3, 0.4) is 0 Å². The Morgan fingerprint density at radius 3 is 2.41 bits per heavy atom. The molecule has 1 aliphatic heterocycles. The lowest BCUT2D eigenvalue weighted by Gasteiger charge is -2.37. The Kier molecular flexibility index (Phi) is 7.07. The molecule has 0 spiro atoms. The minimum absolute atomic E-state index is 0.571. The third-order valence-electron chi connectivity index (χ3n) is 6.08. The van der Waals surface area contributed by atoms with Gasteiger partial charge in [0.15, 0.2) is 0 Å². The number of piperidine rings is 1. The van der Waals surface area contributed by atoms with Crippen LogP contribution in [-0.2, 0) is 11.3 Å². The summed E-state index contributed by atoms with van der Waals surface area (Å²) in [5.41, 5.74) is 3.93. The summed E-state index contributed by atoms with van der Waals surface area (Å²) < 4.78 is 31.7. The van der Waals surface area contributed by atoms with Crippen molar-refractivity contribution in [2.75, 3.05) is 18.0 Å². The van der Waals surface area contributed by atoms with Crippen LogP contribution >= 0.6 is 0 Å². The molecular formula is C26H26F3N3O2. The molecule has 2 heterocycles. The Hall–Kier alpha value is -3.52. The van der Waals surface area contributed by atoms with Gasteiger partial charge in [0.05, 0.1) is 0 Å². The first kappa shape index (κ1) is 23.6. The summed E-state index contributed by atoms with van der Waals surface area (Å²) >= 11 is 0. The van der Waals surface area contributed by atoms with E-state index < -0.39 is 12.1 Å². The molecule has 1 aromatic heterocycles. The fourth-order valence-electron chi connectivity index (χ4n) is 4.38. The highest BCUT2D eigenvalue weighted by Crippen LogP contribution is 2.29. The molecule has 34 heavy (non-hydrogen) atoms. The van der Waals surface area contributed by atoms with E-state index in [-0.39, 0.29) is 0 Å². The highest BCUT2D eigenvalue weighted by molar-refractivity contribution is 5.86. The Balaban J connectivity index is 0.000000344. The number of alkyl halides is 3. The van der Waals surface area contributed by atoms with E-state index >= 15 is 0 Å². The molecule has 5 rings (SSSR count). The zero-order chi connectivity index (χ0) is 24.1. The summed E-state index contributed by atoms with van der Waals surface area (Å²) in [4.78, 5) is 14.8. The van der Waals surface area contributed by atoms with Gasteiger partial charge in [0.25, 0.3) is 0 Å². The van der Waals surface area contributed by atoms with Crippen LogP contribution in [0.4, 0.5) is 18.9 Å². The van der Waals surface area contributed by atoms with E-state index in [0.29, 0.717) is 6.04 Å². The van der Waals surface area contributed by atoms with Crippen LogP contribution in [0.25, 0.3) is 21.7 Å². The van der Waals surface area contributed by atoms with Crippen LogP contribution in [-0.4, -0.2) is 41.4 Å². The van der Waals surface area contributed by atoms with E-state index in [1.807, 2.05) is 6.20 Å². The summed E-state index contributed by atoms with van der Waals surface area (Å²) in [5.74, 6) is -2.76. The lowest BCUT2D eigenvalue weighted by Crippen LogP contribution is -2.43. The van der Waals surface area contributed by atoms with Crippen molar-refractivity contribution >= 4 is 33.3 Å². The third-order valence-corrected chi connectivity index (χ3v) is 6.08. The summed E-state index contributed by atoms with van der Waals surface area (Å²) in [6, 6.07) is 25.0. The number of carboxylic acid groups (broad SMARTS) is 1. The molecule has 8 heteroatoms. The van der Waals surface area contributed by atoms with Crippen molar-refractivity contribution in [3.05, 3.63) is 78.5 Å². The standard InChI is InChI=1S/C24H25N3.C2HF3O2/c1-2-7-23-18(4-1)5-3-6-20(23)17-27(21-11-13-25-14-12-21)22-8-9-24-19(16-22)10-15-26-24;3-2(4,5)1(6)7/h1-10,15-16,21,25-26H,11-14,17H2;(H,6,7). The number of aromatic amines is 1. The van der Waals surface area contributed by atoms with Gasteiger partial charge in [-0.3, -0.25) is 0 Å². The number of benzene rings is 3. The lowest BCUT2D eigenvalue weighted by atomic mass is 10.00. The average molecular weight is 470 g/mol. The zero-order valence-electron chi connectivity index (χ0n) is 18.5. The molecule has 0 aliphatic carbocycles. The molecule has 3 aromatic carbocycles. The van der Waals surface area contributed by atoms with Gasteiger partial charge >= 0.3 is 12.1 Å². The van der Waals surface area contributed by atoms with Crippen molar-refractivity contribution in [1.29, 1.82) is 0 Å². The monoisotopic (exact) mass is 469 g/mol. The number of carboxylic acids is 1. The molecular weight excluding hydrogens is 443 g/mol. The quantitative estimate of drug-likeness (QED) is 0.358. The van der Waals surface area contributed by atoms with Crippen molar-refractivity contribution in [1.82, 2.24) is 10.3 Å². The largest absolute Gasteiger partial charge is 0.490 e. The minimum atomic E-state index is -5.08. The first-order valence-electron chi connectivity index (χ1n) is 11.1. The van der Waals surface area contributed by atoms with Crippen LogP contribution in [0.15, 0.2) is 72.9 Å². The number of carbonyl (C=O) groups is 1. The van der Waals surface area contributed by atoms with Crippen LogP contribution in [0.2, 0.25) is 0 Å². The van der Waals surface area contributed by atoms with Crippen molar-refractivity contribution in [3.63, 3.8) is 0 Å². The Morgan fingerprint density at radius 2 is 1.68 bits per heavy atom. The summed E-state index contributed by atoms with van der Waals surface area (Å²) in [6.45, 7) is 3.15. The SMILES string of the molecule is O=C(O)C(F)(F)F.c1ccc2c(CN(c3ccc4[nH]ccc4c3)C3CCNCC3)cccc2c1. The van der Waals surface area contributed by atoms with Gasteiger partial charge < -0.3 is 20.3 Å². The van der Waals surface area contributed by atoms with E-state index in [1.54, 1.807) is 0 Å². The number of nitrogens with one attached hydrogen (secondary N) is 2. The number of nitrogens with zero attached hydrogens (tertiary/aromatic N) is 1. The predicted octanol–water partition coefficient (Wildman–Crippen LogP) is 5.71. The molecule has 0 bridgehead atoms. The highest BCUT2D eigenvalue weighted by Gasteiger charge is 2.38. The predicted molar refractivity (Wildman–Crippen MR) is 128 cm³/mol. The molecule has 1 aliphatic rings. The molecule has 0 saturated carbocycles. The molecule has 0 unspecified atom stereocenters. The second-order valence-corrected chi connectivity index (χ2v) is 8.30. The smallest absolute Gasteiger partial charge is 0.475 e. The molecule has 178 valence electrons. The van der Waals surface area contributed by atoms with Gasteiger partial charge in [0.2, 0.25) is 0 Å². The second-order valence-electron chi connectivity index (χ2n) is 8.30. The zero-order valence-corrected chi connectivity index (χ0v) is 18.5. The maximum absolute atomic E-state index is 10.6. The highest BCUT2D eigenvalue weighted by atomic mass is 19.4. The Morgan fingerprint density at radius 1 is 0.971 bits per heavy atom. The number of aliphatic carboxylic acids is 1. The maximum atomic E-state index is 10.6. The van der Waals surface area contributed by atoms with Crippen molar-refractivity contribution in [2.45, 2.75) is 31.6 Å². The number of fused-ring (bicyclic) bond motifs is 2. The topological polar surface area (TPSA) is 68.4 Å². The first-order chi connectivity index (χ1) is 16.3. The number of halogens is 3. The number of hydrogen-bond donors (Lipinski definition) is 3. The number of anilines is 1. The van der Waals surface area contributed by atoms with Crippen LogP contribution in [0, 0.1) is 0 Å². The molecule has 3 N–H and O–H groups in total. The van der Waals surface area contributed by atoms with Crippen molar-refractivity contribution < 1.29 is 23.1 Å². The van der Waals surface area contributed by atoms with E-state index in [2.05, 4.69) is 81.9 Å². The first-order valence-corrected chi connectivity index (χ1v) is 11.1. The van der Waals surface area contributed by atoms with Gasteiger partial charge in [-0.15, -0.1) is 0 Å². The molecule has 0 radical (unpaired) electrons. The van der Waals surface area contributed by atoms with Gasteiger partial charge in [0, 0.05) is 35.4 Å². The van der Waals surface area contributed by atoms with Gasteiger partial charge in [-0.05, 0) is 66.5 Å². The van der Waals surface area contributed by atoms with Gasteiger partial charge in [-0.2, -0.15) is 13.2 Å². The molecule has 1 fully saturated rings. The van der Waals surface area contributed by atoms with Crippen molar-refractivity contribution in [2.24, 2.45) is 0 Å². The van der Waals surface area contributed by atoms with Crippen LogP contribution in [0.1, 0.15) is 18.4 Å². The van der Waals surface area contributed by atoms with Gasteiger partial charge in [0.1, 0.15) is 0 Å². The van der Waals surface area contributed by atoms with Gasteiger partial charge in [-0.1, -0.05) is 42.5 Å². The van der Waals surface area contributed by atoms with E-state index in [4.69, 9.17) is 9.90 Å². The molecule has 5 nitrogen and oxygen atoms in total. The van der Waals surface area contributed by atoms with E-state index in [9.17, 15) is 13.2 Å². The summed E-state index contributed by atoms with van der Waals surface area (Å²) in [7, 11) is 0. The van der Waals surface area contributed by atoms with E-state index in [0.717, 1.165) is 19.6 Å². The van der Waals surface area contributed by atoms with Crippen LogP contribution in [0.5, 0.6) is 0 Å². The summed E-state index contributed by atoms with van der Waals surface area (Å²) in [6.07, 6.45) is -0.681. The fourth-order valence-corrected chi connectivity index (χ4v) is 4.38. The van der Waals surface area contributed by atoms with Crippen LogP contribution < -0.4 is 10.2 Å². The lowest BCUT2D eigenvalue weighted by molar-refractivity contribution is -0.192. The fraction of sp³-hybridized carbons (Fsp3) is 0.269. The molecule has 0 atom stereocenters. The molecule has 0 amide bonds. The number of rotatable bonds is 4. The summed E-state index contributed by atoms with van der Waals surface area (Å²) in [5, 5.41) is 14.6. The normalized spacial score (nSPS) is 14.6. The molecule has 1 saturated heterocycles. The van der Waals surface area contributed by atoms with E-state index in [1.165, 1.54) is 45.8 Å². The number of hydrogen-bond acceptors (Lipinski definition) is 3. The minimum Gasteiger partial charge on any atom is -0.475 e. The average Bonchev–Trinajstić information content (AvgIpc) is 3.31. The Bertz CT molecular complexity index is 1260. The van der Waals surface area contributed by atoms with Gasteiger partial charge in [-0.25, -0.2) is 4.79 Å². The van der Waals surface area contributed by atoms with Crippen molar-refractivity contribution in [3.8, 4) is 0 Å². The maximum Gasteiger partial charge on any atom is 0.490 e. The third kappa shape index (κ3) is 5.51.